The number of hydrazone groups is 1. The second-order valence-corrected chi connectivity index (χ2v) is 5.63. The lowest BCUT2D eigenvalue weighted by molar-refractivity contribution is 0.0951. The Balaban J connectivity index is 2.15. The van der Waals surface area contributed by atoms with Gasteiger partial charge in [-0.3, -0.25) is 4.79 Å². The minimum atomic E-state index is -0.337. The highest BCUT2D eigenvalue weighted by atomic mass is 79.9. The quantitative estimate of drug-likeness (QED) is 0.640. The first-order valence-corrected chi connectivity index (χ1v) is 7.67. The molecule has 0 aromatic heterocycles. The van der Waals surface area contributed by atoms with E-state index < -0.39 is 0 Å². The molecule has 23 heavy (non-hydrogen) atoms. The van der Waals surface area contributed by atoms with Crippen LogP contribution in [0.25, 0.3) is 0 Å². The average Bonchev–Trinajstić information content (AvgIpc) is 2.59. The first-order chi connectivity index (χ1) is 11.0. The lowest BCUT2D eigenvalue weighted by atomic mass is 10.1. The van der Waals surface area contributed by atoms with Gasteiger partial charge in [-0.2, -0.15) is 5.10 Å². The number of rotatable bonds is 5. The number of hydrogen-bond donors (Lipinski definition) is 1. The van der Waals surface area contributed by atoms with Crippen molar-refractivity contribution in [1.29, 1.82) is 0 Å². The number of nitrogens with one attached hydrogen (secondary N) is 1. The fourth-order valence-corrected chi connectivity index (χ4v) is 2.31. The van der Waals surface area contributed by atoms with Gasteiger partial charge in [-0.15, -0.1) is 0 Å². The van der Waals surface area contributed by atoms with Crippen molar-refractivity contribution in [3.8, 4) is 11.5 Å². The third kappa shape index (κ3) is 4.32. The number of methoxy groups -OCH3 is 2. The molecule has 6 heteroatoms. The summed E-state index contributed by atoms with van der Waals surface area (Å²) in [4.78, 5) is 12.3. The second-order valence-electron chi connectivity index (χ2n) is 4.71. The van der Waals surface area contributed by atoms with Crippen molar-refractivity contribution in [2.24, 2.45) is 5.10 Å². The molecule has 0 heterocycles. The van der Waals surface area contributed by atoms with Crippen LogP contribution in [0.15, 0.2) is 52.0 Å². The first kappa shape index (κ1) is 17.0. The van der Waals surface area contributed by atoms with Crippen LogP contribution in [-0.2, 0) is 0 Å². The molecule has 2 rings (SSSR count). The molecule has 5 nitrogen and oxygen atoms in total. The zero-order valence-electron chi connectivity index (χ0n) is 13.1. The third-order valence-electron chi connectivity index (χ3n) is 3.24. The Hall–Kier alpha value is -2.34. The van der Waals surface area contributed by atoms with Crippen LogP contribution in [0.3, 0.4) is 0 Å². The predicted octanol–water partition coefficient (Wildman–Crippen LogP) is 3.62. The summed E-state index contributed by atoms with van der Waals surface area (Å²) < 4.78 is 11.1. The van der Waals surface area contributed by atoms with E-state index in [1.807, 2.05) is 37.3 Å². The maximum atomic E-state index is 12.3. The highest BCUT2D eigenvalue weighted by molar-refractivity contribution is 9.10. The molecule has 0 unspecified atom stereocenters. The van der Waals surface area contributed by atoms with Gasteiger partial charge in [-0.25, -0.2) is 5.43 Å². The number of hydrogen-bond acceptors (Lipinski definition) is 4. The van der Waals surface area contributed by atoms with Gasteiger partial charge in [0.2, 0.25) is 0 Å². The van der Waals surface area contributed by atoms with Crippen LogP contribution in [0.2, 0.25) is 0 Å². The number of halogens is 1. The second kappa shape index (κ2) is 7.78. The Morgan fingerprint density at radius 1 is 1.09 bits per heavy atom. The summed E-state index contributed by atoms with van der Waals surface area (Å²) in [5.41, 5.74) is 4.54. The van der Waals surface area contributed by atoms with Gasteiger partial charge in [0.15, 0.2) is 0 Å². The van der Waals surface area contributed by atoms with Gasteiger partial charge in [0.1, 0.15) is 11.5 Å². The van der Waals surface area contributed by atoms with Crippen LogP contribution in [-0.4, -0.2) is 25.8 Å². The lowest BCUT2D eigenvalue weighted by Crippen LogP contribution is -2.20. The van der Waals surface area contributed by atoms with E-state index in [0.717, 1.165) is 15.8 Å². The maximum absolute atomic E-state index is 12.3. The molecule has 1 amide bonds. The Kier molecular flexibility index (Phi) is 5.76. The van der Waals surface area contributed by atoms with Crippen LogP contribution in [0.5, 0.6) is 11.5 Å². The zero-order chi connectivity index (χ0) is 16.8. The summed E-state index contributed by atoms with van der Waals surface area (Å²) >= 11 is 3.34. The molecule has 2 aromatic rings. The van der Waals surface area contributed by atoms with E-state index in [1.54, 1.807) is 19.2 Å². The number of amides is 1. The molecule has 0 saturated heterocycles. The van der Waals surface area contributed by atoms with Crippen molar-refractivity contribution in [3.05, 3.63) is 58.1 Å². The number of ether oxygens (including phenoxy) is 2. The smallest absolute Gasteiger partial charge is 0.275 e. The van der Waals surface area contributed by atoms with Crippen LogP contribution < -0.4 is 14.9 Å². The van der Waals surface area contributed by atoms with E-state index in [-0.39, 0.29) is 5.91 Å². The van der Waals surface area contributed by atoms with Gasteiger partial charge in [0.05, 0.1) is 25.5 Å². The van der Waals surface area contributed by atoms with Gasteiger partial charge in [0.25, 0.3) is 5.91 Å². The van der Waals surface area contributed by atoms with E-state index in [0.29, 0.717) is 17.0 Å². The molecule has 0 aliphatic rings. The molecule has 0 spiro atoms. The summed E-state index contributed by atoms with van der Waals surface area (Å²) in [6, 6.07) is 12.7. The fourth-order valence-electron chi connectivity index (χ4n) is 1.95. The maximum Gasteiger partial charge on any atom is 0.275 e. The SMILES string of the molecule is COc1ccc(/C(C)=N\NC(=O)c2cc(Br)ccc2OC)cc1. The number of benzene rings is 2. The summed E-state index contributed by atoms with van der Waals surface area (Å²) in [6.45, 7) is 1.82. The van der Waals surface area contributed by atoms with Crippen molar-refractivity contribution in [2.45, 2.75) is 6.92 Å². The van der Waals surface area contributed by atoms with Crippen molar-refractivity contribution >= 4 is 27.5 Å². The van der Waals surface area contributed by atoms with Crippen molar-refractivity contribution in [2.75, 3.05) is 14.2 Å². The minimum absolute atomic E-state index is 0.337. The Labute approximate surface area is 143 Å². The minimum Gasteiger partial charge on any atom is -0.497 e. The van der Waals surface area contributed by atoms with Crippen molar-refractivity contribution in [1.82, 2.24) is 5.43 Å². The van der Waals surface area contributed by atoms with Crippen LogP contribution in [0.4, 0.5) is 0 Å². The average molecular weight is 377 g/mol. The molecule has 0 aliphatic heterocycles. The molecule has 120 valence electrons. The van der Waals surface area contributed by atoms with Crippen molar-refractivity contribution < 1.29 is 14.3 Å². The zero-order valence-corrected chi connectivity index (χ0v) is 14.7. The first-order valence-electron chi connectivity index (χ1n) is 6.87. The number of nitrogens with zero attached hydrogens (tertiary/aromatic N) is 1. The fraction of sp³-hybridized carbons (Fsp3) is 0.176. The van der Waals surface area contributed by atoms with E-state index in [1.165, 1.54) is 7.11 Å². The summed E-state index contributed by atoms with van der Waals surface area (Å²) in [7, 11) is 3.13. The van der Waals surface area contributed by atoms with E-state index in [2.05, 4.69) is 26.5 Å². The van der Waals surface area contributed by atoms with Gasteiger partial charge < -0.3 is 9.47 Å². The Morgan fingerprint density at radius 2 is 1.78 bits per heavy atom. The molecule has 0 saturated carbocycles. The lowest BCUT2D eigenvalue weighted by Gasteiger charge is -2.08. The normalized spacial score (nSPS) is 11.0. The Morgan fingerprint density at radius 3 is 2.39 bits per heavy atom. The standard InChI is InChI=1S/C17H17BrN2O3/c1-11(12-4-7-14(22-2)8-5-12)19-20-17(21)15-10-13(18)6-9-16(15)23-3/h4-10H,1-3H3,(H,20,21)/b19-11-. The van der Waals surface area contributed by atoms with E-state index >= 15 is 0 Å². The summed E-state index contributed by atoms with van der Waals surface area (Å²) in [5, 5.41) is 4.14. The summed E-state index contributed by atoms with van der Waals surface area (Å²) in [5.74, 6) is 0.920. The highest BCUT2D eigenvalue weighted by Gasteiger charge is 2.12. The van der Waals surface area contributed by atoms with Crippen molar-refractivity contribution in [3.63, 3.8) is 0 Å². The number of carbonyl (C=O) groups is 1. The van der Waals surface area contributed by atoms with Gasteiger partial charge in [-0.05, 0) is 55.0 Å². The number of carbonyl (C=O) groups excluding carboxylic acids is 1. The van der Waals surface area contributed by atoms with Crippen LogP contribution in [0.1, 0.15) is 22.8 Å². The monoisotopic (exact) mass is 376 g/mol. The molecule has 0 fully saturated rings. The molecule has 2 aromatic carbocycles. The summed E-state index contributed by atoms with van der Waals surface area (Å²) in [6.07, 6.45) is 0. The molecule has 0 aliphatic carbocycles. The van der Waals surface area contributed by atoms with Gasteiger partial charge >= 0.3 is 0 Å². The molecule has 1 N–H and O–H groups in total. The Bertz CT molecular complexity index is 727. The third-order valence-corrected chi connectivity index (χ3v) is 3.73. The van der Waals surface area contributed by atoms with Gasteiger partial charge in [-0.1, -0.05) is 15.9 Å². The molecule has 0 radical (unpaired) electrons. The largest absolute Gasteiger partial charge is 0.497 e. The predicted molar refractivity (Wildman–Crippen MR) is 93.4 cm³/mol. The molecule has 0 atom stereocenters. The van der Waals surface area contributed by atoms with Gasteiger partial charge in [0, 0.05) is 4.47 Å². The molecular formula is C17H17BrN2O3. The molecular weight excluding hydrogens is 360 g/mol. The highest BCUT2D eigenvalue weighted by Crippen LogP contribution is 2.22. The van der Waals surface area contributed by atoms with Crippen LogP contribution >= 0.6 is 15.9 Å². The van der Waals surface area contributed by atoms with E-state index in [4.69, 9.17) is 9.47 Å². The molecule has 0 bridgehead atoms. The topological polar surface area (TPSA) is 59.9 Å². The van der Waals surface area contributed by atoms with E-state index in [9.17, 15) is 4.79 Å². The van der Waals surface area contributed by atoms with Crippen LogP contribution in [0, 0.1) is 0 Å².